The van der Waals surface area contributed by atoms with E-state index >= 15 is 0 Å². The molecule has 0 saturated heterocycles. The normalized spacial score (nSPS) is 13.3. The molecule has 18 aromatic carbocycles. The zero-order valence-corrected chi connectivity index (χ0v) is 56.8. The molecule has 2 heteroatoms. The first kappa shape index (κ1) is 58.4. The minimum Gasteiger partial charge on any atom is -0.310 e. The van der Waals surface area contributed by atoms with Crippen molar-refractivity contribution in [1.82, 2.24) is 0 Å². The maximum absolute atomic E-state index is 2.47. The predicted molar refractivity (Wildman–Crippen MR) is 435 cm³/mol. The Bertz CT molecular complexity index is 6530. The summed E-state index contributed by atoms with van der Waals surface area (Å²) in [5.74, 6) is 0. The Balaban J connectivity index is 0.687. The Morgan fingerprint density at radius 3 is 1.10 bits per heavy atom. The second-order valence-corrected chi connectivity index (χ2v) is 28.4. The largest absolute Gasteiger partial charge is 0.310 e. The lowest BCUT2D eigenvalue weighted by Crippen LogP contribution is -2.26. The first-order valence-electron chi connectivity index (χ1n) is 36.3. The van der Waals surface area contributed by atoms with Crippen molar-refractivity contribution in [3.05, 3.63) is 433 Å². The average Bonchev–Trinajstić information content (AvgIpc) is 1.50. The lowest BCUT2D eigenvalue weighted by Gasteiger charge is -2.33. The molecule has 0 radical (unpaired) electrons. The van der Waals surface area contributed by atoms with Crippen LogP contribution in [-0.4, -0.2) is 0 Å². The molecule has 4 aliphatic carbocycles. The van der Waals surface area contributed by atoms with E-state index in [9.17, 15) is 0 Å². The van der Waals surface area contributed by atoms with Crippen LogP contribution >= 0.6 is 0 Å². The molecule has 0 bridgehead atoms. The number of anilines is 6. The Hall–Kier alpha value is -13.4. The molecule has 0 fully saturated rings. The quantitative estimate of drug-likeness (QED) is 0.142. The molecule has 0 saturated carbocycles. The van der Waals surface area contributed by atoms with Crippen molar-refractivity contribution in [3.8, 4) is 77.9 Å². The van der Waals surface area contributed by atoms with E-state index in [1.165, 1.54) is 154 Å². The summed E-state index contributed by atoms with van der Waals surface area (Å²) < 4.78 is 0. The van der Waals surface area contributed by atoms with Gasteiger partial charge in [0.1, 0.15) is 0 Å². The molecule has 482 valence electrons. The smallest absolute Gasteiger partial charge is 0.0737 e. The molecule has 22 rings (SSSR count). The van der Waals surface area contributed by atoms with Crippen molar-refractivity contribution in [3.63, 3.8) is 0 Å². The van der Waals surface area contributed by atoms with Gasteiger partial charge in [0.2, 0.25) is 0 Å². The summed E-state index contributed by atoms with van der Waals surface area (Å²) in [4.78, 5) is 4.88. The van der Waals surface area contributed by atoms with E-state index in [1.807, 2.05) is 0 Å². The Morgan fingerprint density at radius 1 is 0.163 bits per heavy atom. The number of hydrogen-bond acceptors (Lipinski definition) is 2. The van der Waals surface area contributed by atoms with E-state index in [-0.39, 0.29) is 0 Å². The van der Waals surface area contributed by atoms with Gasteiger partial charge in [-0.1, -0.05) is 315 Å². The van der Waals surface area contributed by atoms with Gasteiger partial charge in [0.05, 0.1) is 16.5 Å². The first-order chi connectivity index (χ1) is 51.6. The monoisotopic (exact) mass is 1320 g/mol. The van der Waals surface area contributed by atoms with Crippen molar-refractivity contribution >= 4 is 77.2 Å². The topological polar surface area (TPSA) is 6.48 Å². The van der Waals surface area contributed by atoms with Gasteiger partial charge >= 0.3 is 0 Å². The molecule has 0 atom stereocenters. The van der Waals surface area contributed by atoms with Crippen LogP contribution in [0.3, 0.4) is 0 Å². The van der Waals surface area contributed by atoms with Crippen LogP contribution in [0.4, 0.5) is 34.1 Å². The maximum atomic E-state index is 2.47. The van der Waals surface area contributed by atoms with Gasteiger partial charge in [-0.25, -0.2) is 0 Å². The van der Waals surface area contributed by atoms with Crippen LogP contribution in [0.2, 0.25) is 0 Å². The Labute approximate surface area is 604 Å². The van der Waals surface area contributed by atoms with Gasteiger partial charge in [-0.2, -0.15) is 0 Å². The van der Waals surface area contributed by atoms with Crippen LogP contribution in [0, 0.1) is 0 Å². The zero-order chi connectivity index (χ0) is 68.2. The van der Waals surface area contributed by atoms with E-state index < -0.39 is 10.8 Å². The molecule has 2 nitrogen and oxygen atoms in total. The van der Waals surface area contributed by atoms with Crippen LogP contribution in [0.1, 0.15) is 44.5 Å². The van der Waals surface area contributed by atoms with Gasteiger partial charge in [0, 0.05) is 34.0 Å². The summed E-state index contributed by atoms with van der Waals surface area (Å²) in [5, 5.41) is 9.96. The van der Waals surface area contributed by atoms with E-state index in [2.05, 4.69) is 398 Å². The lowest BCUT2D eigenvalue weighted by molar-refractivity contribution is 0.809. The van der Waals surface area contributed by atoms with E-state index in [0.29, 0.717) is 0 Å². The third-order valence-electron chi connectivity index (χ3n) is 23.4. The number of para-hydroxylation sites is 3. The highest BCUT2D eigenvalue weighted by Gasteiger charge is 2.55. The van der Waals surface area contributed by atoms with Crippen LogP contribution in [0.5, 0.6) is 0 Å². The number of fused-ring (bicyclic) bond motifs is 28. The van der Waals surface area contributed by atoms with Crippen LogP contribution < -0.4 is 9.80 Å². The number of rotatable bonds is 9. The molecule has 4 aliphatic rings. The standard InChI is InChI=1S/C102H64N2/c1-4-25-65(26-5-1)67-28-23-35-74(62-67)103(72-31-6-2-7-32-72)75-52-57-80-70(63-75)50-56-90-91-60-59-82-77(42-24-43-87(82)100(91)102(99(80)90)94-46-19-14-40-85(94)86-41-15-20-47-95(86)102)68-29-22-30-69(61-68)78-36-16-21-48-96(78)104(73-33-8-3-9-34-73)76-53-58-81-71(64-76)51-55-89-88-54-49-66-27-10-11-37-79(66)97(88)101(98(81)89)92-44-17-12-38-83(92)84-39-13-18-45-93(84)101/h1-64H. The van der Waals surface area contributed by atoms with E-state index in [4.69, 9.17) is 0 Å². The molecule has 0 amide bonds. The molecule has 18 aromatic rings. The Kier molecular flexibility index (Phi) is 12.7. The summed E-state index contributed by atoms with van der Waals surface area (Å²) in [6.45, 7) is 0. The average molecular weight is 1320 g/mol. The molecule has 0 unspecified atom stereocenters. The Morgan fingerprint density at radius 2 is 0.519 bits per heavy atom. The zero-order valence-electron chi connectivity index (χ0n) is 56.8. The van der Waals surface area contributed by atoms with Crippen LogP contribution in [0.15, 0.2) is 388 Å². The van der Waals surface area contributed by atoms with Crippen molar-refractivity contribution in [1.29, 1.82) is 0 Å². The fraction of sp³-hybridized carbons (Fsp3) is 0.0196. The summed E-state index contributed by atoms with van der Waals surface area (Å²) in [5.41, 5.74) is 33.6. The van der Waals surface area contributed by atoms with Crippen molar-refractivity contribution in [2.24, 2.45) is 0 Å². The van der Waals surface area contributed by atoms with Gasteiger partial charge < -0.3 is 9.80 Å². The third kappa shape index (κ3) is 8.16. The molecular formula is C102H64N2. The highest BCUT2D eigenvalue weighted by molar-refractivity contribution is 6.14. The maximum Gasteiger partial charge on any atom is 0.0737 e. The summed E-state index contributed by atoms with van der Waals surface area (Å²) >= 11 is 0. The van der Waals surface area contributed by atoms with Gasteiger partial charge in [-0.05, 0) is 233 Å². The molecule has 0 aliphatic heterocycles. The van der Waals surface area contributed by atoms with Gasteiger partial charge in [-0.15, -0.1) is 0 Å². The second-order valence-electron chi connectivity index (χ2n) is 28.4. The van der Waals surface area contributed by atoms with Crippen molar-refractivity contribution in [2.75, 3.05) is 9.80 Å². The number of hydrogen-bond donors (Lipinski definition) is 0. The highest BCUT2D eigenvalue weighted by atomic mass is 15.1. The molecule has 104 heavy (non-hydrogen) atoms. The molecular weight excluding hydrogens is 1250 g/mol. The lowest BCUT2D eigenvalue weighted by atomic mass is 9.68. The second kappa shape index (κ2) is 22.6. The summed E-state index contributed by atoms with van der Waals surface area (Å²) in [6.07, 6.45) is 0. The number of benzene rings is 18. The van der Waals surface area contributed by atoms with Gasteiger partial charge in [0.25, 0.3) is 0 Å². The fourth-order valence-electron chi connectivity index (χ4n) is 19.4. The van der Waals surface area contributed by atoms with Crippen LogP contribution in [0.25, 0.3) is 121 Å². The minimum absolute atomic E-state index is 0.523. The third-order valence-corrected chi connectivity index (χ3v) is 23.4. The van der Waals surface area contributed by atoms with Gasteiger partial charge in [-0.3, -0.25) is 0 Å². The molecule has 0 heterocycles. The molecule has 2 spiro atoms. The summed E-state index contributed by atoms with van der Waals surface area (Å²) in [7, 11) is 0. The molecule has 0 aromatic heterocycles. The minimum atomic E-state index is -0.626. The van der Waals surface area contributed by atoms with Crippen molar-refractivity contribution < 1.29 is 0 Å². The first-order valence-corrected chi connectivity index (χ1v) is 36.3. The predicted octanol–water partition coefficient (Wildman–Crippen LogP) is 26.9. The highest BCUT2D eigenvalue weighted by Crippen LogP contribution is 2.68. The number of nitrogens with zero attached hydrogens (tertiary/aromatic N) is 2. The van der Waals surface area contributed by atoms with E-state index in [1.54, 1.807) is 0 Å². The fourth-order valence-corrected chi connectivity index (χ4v) is 19.4. The summed E-state index contributed by atoms with van der Waals surface area (Å²) in [6, 6.07) is 146. The van der Waals surface area contributed by atoms with E-state index in [0.717, 1.165) is 45.3 Å². The van der Waals surface area contributed by atoms with Crippen molar-refractivity contribution in [2.45, 2.75) is 10.8 Å². The SMILES string of the molecule is c1ccc(-c2cccc(N(c3ccccc3)c3ccc4c5c(ccc4c3)-c3ccc4c(-c6cccc(-c7ccccc7N(c7ccccc7)c7ccc8c9c(ccc8c7)-c7ccc8ccccc8c7C97c8ccccc8-c8ccccc87)c6)cccc4c3C53c4ccccc4-c4ccccc43)c2)cc1. The molecule has 0 N–H and O–H groups in total. The van der Waals surface area contributed by atoms with Crippen LogP contribution in [-0.2, 0) is 10.8 Å². The van der Waals surface area contributed by atoms with Gasteiger partial charge in [0.15, 0.2) is 0 Å².